The molecular weight excluding hydrogens is 308 g/mol. The van der Waals surface area contributed by atoms with Crippen LogP contribution in [0.1, 0.15) is 30.5 Å². The Hall–Kier alpha value is -2.33. The average Bonchev–Trinajstić information content (AvgIpc) is 3.00. The zero-order valence-electron chi connectivity index (χ0n) is 13.5. The number of rotatable bonds is 5. The third-order valence-electron chi connectivity index (χ3n) is 4.29. The van der Waals surface area contributed by atoms with Crippen LogP contribution in [0.2, 0.25) is 0 Å². The number of Topliss-reactive ketones (excluding diaryl/α,β-unsaturated/α-hetero) is 1. The Balaban J connectivity index is 1.93. The standard InChI is InChI=1S/C20H19F2NO/c1-14(24)9-10-23-13-16(18-12-17(21)7-8-19(18)22)11-20(23)15-5-3-2-4-6-15/h2-8,11-12,20H,9-10,13H2,1H3/t20-/m0/s1. The lowest BCUT2D eigenvalue weighted by Crippen LogP contribution is -2.27. The first-order valence-corrected chi connectivity index (χ1v) is 7.99. The highest BCUT2D eigenvalue weighted by Crippen LogP contribution is 2.35. The number of carbonyl (C=O) groups excluding carboxylic acids is 1. The van der Waals surface area contributed by atoms with Crippen LogP contribution < -0.4 is 0 Å². The summed E-state index contributed by atoms with van der Waals surface area (Å²) in [6.07, 6.45) is 2.41. The number of carbonyl (C=O) groups is 1. The van der Waals surface area contributed by atoms with Crippen LogP contribution in [0.5, 0.6) is 0 Å². The fraction of sp³-hybridized carbons (Fsp3) is 0.250. The van der Waals surface area contributed by atoms with E-state index >= 15 is 0 Å². The largest absolute Gasteiger partial charge is 0.300 e. The van der Waals surface area contributed by atoms with Gasteiger partial charge in [-0.15, -0.1) is 0 Å². The Morgan fingerprint density at radius 1 is 1.17 bits per heavy atom. The quantitative estimate of drug-likeness (QED) is 0.812. The SMILES string of the molecule is CC(=O)CCN1CC(c2cc(F)ccc2F)=C[C@H]1c1ccccc1. The van der Waals surface area contributed by atoms with Crippen LogP contribution in [-0.4, -0.2) is 23.8 Å². The highest BCUT2D eigenvalue weighted by molar-refractivity contribution is 5.76. The van der Waals surface area contributed by atoms with E-state index in [4.69, 9.17) is 0 Å². The van der Waals surface area contributed by atoms with Crippen molar-refractivity contribution in [3.8, 4) is 0 Å². The maximum Gasteiger partial charge on any atom is 0.131 e. The van der Waals surface area contributed by atoms with Gasteiger partial charge in [0.1, 0.15) is 17.4 Å². The monoisotopic (exact) mass is 327 g/mol. The van der Waals surface area contributed by atoms with Gasteiger partial charge in [0.15, 0.2) is 0 Å². The smallest absolute Gasteiger partial charge is 0.131 e. The summed E-state index contributed by atoms with van der Waals surface area (Å²) in [5.41, 5.74) is 2.12. The number of hydrogen-bond donors (Lipinski definition) is 0. The lowest BCUT2D eigenvalue weighted by molar-refractivity contribution is -0.117. The topological polar surface area (TPSA) is 20.3 Å². The zero-order chi connectivity index (χ0) is 17.1. The molecule has 0 bridgehead atoms. The third kappa shape index (κ3) is 3.60. The Morgan fingerprint density at radius 2 is 1.92 bits per heavy atom. The zero-order valence-corrected chi connectivity index (χ0v) is 13.5. The summed E-state index contributed by atoms with van der Waals surface area (Å²) >= 11 is 0. The molecule has 0 aliphatic carbocycles. The second-order valence-electron chi connectivity index (χ2n) is 6.09. The fourth-order valence-electron chi connectivity index (χ4n) is 3.06. The minimum Gasteiger partial charge on any atom is -0.300 e. The first-order valence-electron chi connectivity index (χ1n) is 7.99. The van der Waals surface area contributed by atoms with E-state index in [0.717, 1.165) is 23.3 Å². The minimum atomic E-state index is -0.453. The first-order chi connectivity index (χ1) is 11.5. The van der Waals surface area contributed by atoms with Gasteiger partial charge in [-0.3, -0.25) is 9.69 Å². The van der Waals surface area contributed by atoms with Crippen molar-refractivity contribution in [3.63, 3.8) is 0 Å². The Labute approximate surface area is 140 Å². The van der Waals surface area contributed by atoms with Crippen molar-refractivity contribution in [2.45, 2.75) is 19.4 Å². The molecule has 0 aromatic heterocycles. The normalized spacial score (nSPS) is 17.8. The van der Waals surface area contributed by atoms with Gasteiger partial charge in [0.05, 0.1) is 6.04 Å². The van der Waals surface area contributed by atoms with Crippen molar-refractivity contribution in [1.29, 1.82) is 0 Å². The molecule has 1 aliphatic rings. The van der Waals surface area contributed by atoms with E-state index in [9.17, 15) is 13.6 Å². The van der Waals surface area contributed by atoms with Crippen molar-refractivity contribution in [2.24, 2.45) is 0 Å². The van der Waals surface area contributed by atoms with Gasteiger partial charge in [-0.1, -0.05) is 36.4 Å². The summed E-state index contributed by atoms with van der Waals surface area (Å²) in [7, 11) is 0. The molecule has 24 heavy (non-hydrogen) atoms. The van der Waals surface area contributed by atoms with Crippen LogP contribution in [0.25, 0.3) is 5.57 Å². The molecule has 2 nitrogen and oxygen atoms in total. The maximum absolute atomic E-state index is 14.1. The lowest BCUT2D eigenvalue weighted by atomic mass is 10.0. The summed E-state index contributed by atoms with van der Waals surface area (Å²) < 4.78 is 27.6. The van der Waals surface area contributed by atoms with Crippen molar-refractivity contribution < 1.29 is 13.6 Å². The molecule has 0 radical (unpaired) electrons. The van der Waals surface area contributed by atoms with E-state index in [2.05, 4.69) is 4.90 Å². The predicted molar refractivity (Wildman–Crippen MR) is 90.4 cm³/mol. The maximum atomic E-state index is 14.1. The van der Waals surface area contributed by atoms with Crippen LogP contribution in [0.15, 0.2) is 54.6 Å². The molecule has 2 aromatic carbocycles. The van der Waals surface area contributed by atoms with E-state index < -0.39 is 11.6 Å². The van der Waals surface area contributed by atoms with Gasteiger partial charge in [-0.2, -0.15) is 0 Å². The predicted octanol–water partition coefficient (Wildman–Crippen LogP) is 4.38. The molecule has 0 unspecified atom stereocenters. The van der Waals surface area contributed by atoms with Crippen molar-refractivity contribution >= 4 is 11.4 Å². The van der Waals surface area contributed by atoms with E-state index in [1.165, 1.54) is 6.07 Å². The van der Waals surface area contributed by atoms with Crippen molar-refractivity contribution in [3.05, 3.63) is 77.4 Å². The molecular formula is C20H19F2NO. The number of benzene rings is 2. The molecule has 4 heteroatoms. The van der Waals surface area contributed by atoms with Gasteiger partial charge < -0.3 is 0 Å². The Bertz CT molecular complexity index is 770. The van der Waals surface area contributed by atoms with Crippen LogP contribution in [0, 0.1) is 11.6 Å². The molecule has 1 atom stereocenters. The molecule has 0 saturated carbocycles. The van der Waals surface area contributed by atoms with E-state index in [0.29, 0.717) is 25.1 Å². The summed E-state index contributed by atoms with van der Waals surface area (Å²) in [6.45, 7) is 2.65. The van der Waals surface area contributed by atoms with E-state index in [-0.39, 0.29) is 11.8 Å². The molecule has 1 aliphatic heterocycles. The summed E-state index contributed by atoms with van der Waals surface area (Å²) in [6, 6.07) is 13.3. The Morgan fingerprint density at radius 3 is 2.62 bits per heavy atom. The van der Waals surface area contributed by atoms with E-state index in [1.54, 1.807) is 6.92 Å². The molecule has 0 N–H and O–H groups in total. The lowest BCUT2D eigenvalue weighted by Gasteiger charge is -2.24. The van der Waals surface area contributed by atoms with Crippen LogP contribution in [-0.2, 0) is 4.79 Å². The molecule has 0 spiro atoms. The average molecular weight is 327 g/mol. The van der Waals surface area contributed by atoms with Crippen molar-refractivity contribution in [2.75, 3.05) is 13.1 Å². The second kappa shape index (κ2) is 7.05. The molecule has 2 aromatic rings. The van der Waals surface area contributed by atoms with Gasteiger partial charge in [0.25, 0.3) is 0 Å². The molecule has 0 saturated heterocycles. The van der Waals surface area contributed by atoms with Gasteiger partial charge >= 0.3 is 0 Å². The first kappa shape index (κ1) is 16.5. The highest BCUT2D eigenvalue weighted by Gasteiger charge is 2.28. The Kier molecular flexibility index (Phi) is 4.86. The molecule has 0 fully saturated rings. The number of hydrogen-bond acceptors (Lipinski definition) is 2. The summed E-state index contributed by atoms with van der Waals surface area (Å²) in [4.78, 5) is 13.5. The second-order valence-corrected chi connectivity index (χ2v) is 6.09. The van der Waals surface area contributed by atoms with Gasteiger partial charge in [0.2, 0.25) is 0 Å². The molecule has 1 heterocycles. The van der Waals surface area contributed by atoms with Crippen LogP contribution in [0.4, 0.5) is 8.78 Å². The van der Waals surface area contributed by atoms with Gasteiger partial charge in [-0.25, -0.2) is 8.78 Å². The third-order valence-corrected chi connectivity index (χ3v) is 4.29. The van der Waals surface area contributed by atoms with E-state index in [1.807, 2.05) is 36.4 Å². The number of ketones is 1. The molecule has 124 valence electrons. The molecule has 0 amide bonds. The number of halogens is 2. The number of nitrogens with zero attached hydrogens (tertiary/aromatic N) is 1. The van der Waals surface area contributed by atoms with Gasteiger partial charge in [0, 0.05) is 25.1 Å². The summed E-state index contributed by atoms with van der Waals surface area (Å²) in [5.74, 6) is -0.763. The summed E-state index contributed by atoms with van der Waals surface area (Å²) in [5, 5.41) is 0. The minimum absolute atomic E-state index is 0.0387. The highest BCUT2D eigenvalue weighted by atomic mass is 19.1. The van der Waals surface area contributed by atoms with Crippen LogP contribution >= 0.6 is 0 Å². The fourth-order valence-corrected chi connectivity index (χ4v) is 3.06. The van der Waals surface area contributed by atoms with Crippen LogP contribution in [0.3, 0.4) is 0 Å². The van der Waals surface area contributed by atoms with Gasteiger partial charge in [-0.05, 0) is 36.3 Å². The molecule has 3 rings (SSSR count). The van der Waals surface area contributed by atoms with Crippen molar-refractivity contribution in [1.82, 2.24) is 4.90 Å².